The van der Waals surface area contributed by atoms with Crippen molar-refractivity contribution in [1.82, 2.24) is 0 Å². The molecule has 0 spiro atoms. The molecule has 1 nitrogen and oxygen atoms in total. The first kappa shape index (κ1) is 11.5. The molecule has 0 saturated heterocycles. The molecule has 0 aliphatic carbocycles. The van der Waals surface area contributed by atoms with Gasteiger partial charge in [-0.1, -0.05) is 25.2 Å². The van der Waals surface area contributed by atoms with Gasteiger partial charge in [0.15, 0.2) is 0 Å². The van der Waals surface area contributed by atoms with Gasteiger partial charge in [0.2, 0.25) is 0 Å². The second kappa shape index (κ2) is 3.69. The molecule has 2 aromatic rings. The third-order valence-electron chi connectivity index (χ3n) is 3.85. The third-order valence-corrected chi connectivity index (χ3v) is 7.39. The summed E-state index contributed by atoms with van der Waals surface area (Å²) in [6, 6.07) is 11.3. The summed E-state index contributed by atoms with van der Waals surface area (Å²) < 4.78 is 18.8. The number of fused-ring (bicyclic) bond motifs is 3. The Morgan fingerprint density at radius 1 is 0.944 bits per heavy atom. The Bertz CT molecular complexity index is 634. The SMILES string of the molecule is COc1ccc2c(c1)-c1ccc(F)cc1[Si]2(C)C. The van der Waals surface area contributed by atoms with Gasteiger partial charge in [-0.3, -0.25) is 0 Å². The van der Waals surface area contributed by atoms with Crippen molar-refractivity contribution in [2.45, 2.75) is 13.1 Å². The highest BCUT2D eigenvalue weighted by Gasteiger charge is 2.37. The van der Waals surface area contributed by atoms with E-state index in [0.29, 0.717) is 0 Å². The van der Waals surface area contributed by atoms with Gasteiger partial charge in [0.25, 0.3) is 0 Å². The Labute approximate surface area is 107 Å². The highest BCUT2D eigenvalue weighted by atomic mass is 28.3. The molecule has 92 valence electrons. The van der Waals surface area contributed by atoms with Gasteiger partial charge in [0.05, 0.1) is 7.11 Å². The van der Waals surface area contributed by atoms with Crippen LogP contribution in [0.2, 0.25) is 13.1 Å². The summed E-state index contributed by atoms with van der Waals surface area (Å²) in [5.41, 5.74) is 2.38. The summed E-state index contributed by atoms with van der Waals surface area (Å²) in [5, 5.41) is 2.55. The number of hydrogen-bond acceptors (Lipinski definition) is 1. The summed E-state index contributed by atoms with van der Waals surface area (Å²) in [7, 11) is -0.0726. The summed E-state index contributed by atoms with van der Waals surface area (Å²) in [6.07, 6.45) is 0. The van der Waals surface area contributed by atoms with Crippen molar-refractivity contribution in [3.8, 4) is 16.9 Å². The van der Waals surface area contributed by atoms with Crippen molar-refractivity contribution in [3.05, 3.63) is 42.2 Å². The molecule has 3 heteroatoms. The predicted molar refractivity (Wildman–Crippen MR) is 75.1 cm³/mol. The normalized spacial score (nSPS) is 15.1. The van der Waals surface area contributed by atoms with E-state index in [-0.39, 0.29) is 5.82 Å². The zero-order valence-electron chi connectivity index (χ0n) is 10.8. The van der Waals surface area contributed by atoms with Gasteiger partial charge in [-0.15, -0.1) is 0 Å². The Hall–Kier alpha value is -1.61. The van der Waals surface area contributed by atoms with E-state index in [1.807, 2.05) is 12.1 Å². The summed E-state index contributed by atoms with van der Waals surface area (Å²) in [5.74, 6) is 0.713. The second-order valence-electron chi connectivity index (χ2n) is 5.23. The topological polar surface area (TPSA) is 9.23 Å². The summed E-state index contributed by atoms with van der Waals surface area (Å²) >= 11 is 0. The number of ether oxygens (including phenoxy) is 1. The summed E-state index contributed by atoms with van der Waals surface area (Å²) in [6.45, 7) is 4.53. The van der Waals surface area contributed by atoms with Crippen LogP contribution in [-0.2, 0) is 0 Å². The predicted octanol–water partition coefficient (Wildman–Crippen LogP) is 2.64. The highest BCUT2D eigenvalue weighted by molar-refractivity contribution is 7.03. The van der Waals surface area contributed by atoms with Crippen LogP contribution in [0.15, 0.2) is 36.4 Å². The monoisotopic (exact) mass is 258 g/mol. The lowest BCUT2D eigenvalue weighted by atomic mass is 10.1. The van der Waals surface area contributed by atoms with E-state index >= 15 is 0 Å². The lowest BCUT2D eigenvalue weighted by Gasteiger charge is -2.18. The van der Waals surface area contributed by atoms with Gasteiger partial charge in [-0.2, -0.15) is 0 Å². The van der Waals surface area contributed by atoms with Gasteiger partial charge >= 0.3 is 0 Å². The molecule has 0 atom stereocenters. The van der Waals surface area contributed by atoms with Gasteiger partial charge < -0.3 is 4.74 Å². The first-order chi connectivity index (χ1) is 8.54. The minimum atomic E-state index is -1.74. The molecule has 0 fully saturated rings. The Morgan fingerprint density at radius 3 is 2.44 bits per heavy atom. The van der Waals surface area contributed by atoms with E-state index in [1.54, 1.807) is 13.2 Å². The fourth-order valence-electron chi connectivity index (χ4n) is 2.83. The van der Waals surface area contributed by atoms with Crippen molar-refractivity contribution < 1.29 is 9.13 Å². The third kappa shape index (κ3) is 1.44. The number of rotatable bonds is 1. The molecule has 0 N–H and O–H groups in total. The second-order valence-corrected chi connectivity index (χ2v) is 9.55. The van der Waals surface area contributed by atoms with E-state index in [4.69, 9.17) is 4.74 Å². The molecular weight excluding hydrogens is 243 g/mol. The van der Waals surface area contributed by atoms with Crippen LogP contribution in [0.5, 0.6) is 5.75 Å². The molecule has 3 rings (SSSR count). The minimum Gasteiger partial charge on any atom is -0.497 e. The van der Waals surface area contributed by atoms with Crippen LogP contribution in [0.25, 0.3) is 11.1 Å². The fraction of sp³-hybridized carbons (Fsp3) is 0.200. The Balaban J connectivity index is 2.32. The molecule has 2 aromatic carbocycles. The van der Waals surface area contributed by atoms with Crippen LogP contribution in [-0.4, -0.2) is 15.2 Å². The fourth-order valence-corrected chi connectivity index (χ4v) is 5.89. The summed E-state index contributed by atoms with van der Waals surface area (Å²) in [4.78, 5) is 0. The Kier molecular flexibility index (Phi) is 2.35. The van der Waals surface area contributed by atoms with Gasteiger partial charge in [0.1, 0.15) is 19.6 Å². The van der Waals surface area contributed by atoms with Crippen molar-refractivity contribution in [1.29, 1.82) is 0 Å². The molecular formula is C15H15FOSi. The van der Waals surface area contributed by atoms with E-state index in [9.17, 15) is 4.39 Å². The average molecular weight is 258 g/mol. The quantitative estimate of drug-likeness (QED) is 0.715. The van der Waals surface area contributed by atoms with E-state index in [2.05, 4.69) is 25.2 Å². The molecule has 0 radical (unpaired) electrons. The molecule has 1 aliphatic rings. The molecule has 0 amide bonds. The van der Waals surface area contributed by atoms with Gasteiger partial charge in [0, 0.05) is 0 Å². The van der Waals surface area contributed by atoms with Gasteiger partial charge in [-0.05, 0) is 45.8 Å². The van der Waals surface area contributed by atoms with Crippen molar-refractivity contribution in [3.63, 3.8) is 0 Å². The van der Waals surface area contributed by atoms with Crippen molar-refractivity contribution >= 4 is 18.4 Å². The average Bonchev–Trinajstić information content (AvgIpc) is 2.58. The lowest BCUT2D eigenvalue weighted by Crippen LogP contribution is -2.49. The highest BCUT2D eigenvalue weighted by Crippen LogP contribution is 2.30. The number of benzene rings is 2. The van der Waals surface area contributed by atoms with Crippen LogP contribution >= 0.6 is 0 Å². The van der Waals surface area contributed by atoms with Crippen molar-refractivity contribution in [2.75, 3.05) is 7.11 Å². The zero-order chi connectivity index (χ0) is 12.9. The first-order valence-corrected chi connectivity index (χ1v) is 9.03. The Morgan fingerprint density at radius 2 is 1.72 bits per heavy atom. The smallest absolute Gasteiger partial charge is 0.123 e. The molecule has 1 heterocycles. The van der Waals surface area contributed by atoms with E-state index in [0.717, 1.165) is 5.75 Å². The lowest BCUT2D eigenvalue weighted by molar-refractivity contribution is 0.415. The molecule has 18 heavy (non-hydrogen) atoms. The minimum absolute atomic E-state index is 0.144. The van der Waals surface area contributed by atoms with Gasteiger partial charge in [-0.25, -0.2) is 4.39 Å². The zero-order valence-corrected chi connectivity index (χ0v) is 11.8. The molecule has 1 aliphatic heterocycles. The maximum Gasteiger partial charge on any atom is 0.123 e. The largest absolute Gasteiger partial charge is 0.497 e. The molecule has 0 aromatic heterocycles. The molecule has 0 unspecified atom stereocenters. The molecule has 0 saturated carbocycles. The van der Waals surface area contributed by atoms with Crippen LogP contribution < -0.4 is 15.1 Å². The number of hydrogen-bond donors (Lipinski definition) is 0. The number of halogens is 1. The number of methoxy groups -OCH3 is 1. The maximum absolute atomic E-state index is 13.5. The maximum atomic E-state index is 13.5. The van der Waals surface area contributed by atoms with Crippen LogP contribution in [0.4, 0.5) is 4.39 Å². The van der Waals surface area contributed by atoms with Crippen molar-refractivity contribution in [2.24, 2.45) is 0 Å². The first-order valence-electron chi connectivity index (χ1n) is 6.03. The van der Waals surface area contributed by atoms with Crippen LogP contribution in [0.3, 0.4) is 0 Å². The van der Waals surface area contributed by atoms with E-state index in [1.165, 1.54) is 27.6 Å². The standard InChI is InChI=1S/C15H15FOSi/c1-17-11-5-7-14-13(9-11)12-6-4-10(16)8-15(12)18(14,2)3/h4-9H,1-3H3. The molecule has 0 bridgehead atoms. The van der Waals surface area contributed by atoms with Crippen LogP contribution in [0.1, 0.15) is 0 Å². The van der Waals surface area contributed by atoms with E-state index < -0.39 is 8.07 Å². The van der Waals surface area contributed by atoms with Crippen LogP contribution in [0, 0.1) is 5.82 Å².